The van der Waals surface area contributed by atoms with Crippen LogP contribution in [0.2, 0.25) is 0 Å². The second-order valence-corrected chi connectivity index (χ2v) is 4.05. The summed E-state index contributed by atoms with van der Waals surface area (Å²) < 4.78 is 5.01. The molecule has 0 aromatic rings. The normalized spacial score (nSPS) is 21.1. The van der Waals surface area contributed by atoms with E-state index in [1.807, 2.05) is 0 Å². The van der Waals surface area contributed by atoms with Crippen molar-refractivity contribution in [2.45, 2.75) is 32.5 Å². The van der Waals surface area contributed by atoms with E-state index in [-0.39, 0.29) is 6.03 Å². The van der Waals surface area contributed by atoms with Crippen LogP contribution in [0.3, 0.4) is 0 Å². The fraction of sp³-hybridized carbons (Fsp3) is 0.750. The first kappa shape index (κ1) is 10.6. The van der Waals surface area contributed by atoms with Crippen LogP contribution in [-0.4, -0.2) is 30.4 Å². The number of ether oxygens (including phenoxy) is 1. The van der Waals surface area contributed by atoms with Gasteiger partial charge in [-0.2, -0.15) is 0 Å². The number of rotatable bonds is 1. The second-order valence-electron chi connectivity index (χ2n) is 4.05. The molecule has 0 bridgehead atoms. The van der Waals surface area contributed by atoms with Gasteiger partial charge in [0.05, 0.1) is 6.54 Å². The Morgan fingerprint density at radius 1 is 1.57 bits per heavy atom. The zero-order chi connectivity index (χ0) is 10.8. The van der Waals surface area contributed by atoms with Crippen LogP contribution in [0.25, 0.3) is 0 Å². The molecule has 0 aromatic heterocycles. The van der Waals surface area contributed by atoms with Crippen LogP contribution in [-0.2, 0) is 4.74 Å². The van der Waals surface area contributed by atoms with Gasteiger partial charge in [-0.15, -0.1) is 0 Å². The van der Waals surface area contributed by atoms with E-state index >= 15 is 0 Å². The molecule has 6 nitrogen and oxygen atoms in total. The molecule has 1 saturated heterocycles. The SMILES string of the molecule is CC(C)(C)OC(=O)NC1CNC(=O)N1. The van der Waals surface area contributed by atoms with Crippen LogP contribution in [0, 0.1) is 0 Å². The maximum Gasteiger partial charge on any atom is 0.409 e. The molecule has 80 valence electrons. The van der Waals surface area contributed by atoms with Crippen molar-refractivity contribution in [1.82, 2.24) is 16.0 Å². The standard InChI is InChI=1S/C8H15N3O3/c1-8(2,3)14-7(13)11-5-4-9-6(12)10-5/h5H,4H2,1-3H3,(H,11,13)(H2,9,10,12). The highest BCUT2D eigenvalue weighted by Gasteiger charge is 2.24. The Hall–Kier alpha value is -1.46. The van der Waals surface area contributed by atoms with Crippen LogP contribution < -0.4 is 16.0 Å². The van der Waals surface area contributed by atoms with Gasteiger partial charge in [0.15, 0.2) is 0 Å². The zero-order valence-corrected chi connectivity index (χ0v) is 8.51. The van der Waals surface area contributed by atoms with Crippen molar-refractivity contribution in [2.24, 2.45) is 0 Å². The quantitative estimate of drug-likeness (QED) is 0.565. The van der Waals surface area contributed by atoms with Gasteiger partial charge in [0.2, 0.25) is 0 Å². The Kier molecular flexibility index (Phi) is 2.83. The van der Waals surface area contributed by atoms with E-state index in [4.69, 9.17) is 4.74 Å². The highest BCUT2D eigenvalue weighted by atomic mass is 16.6. The molecule has 1 heterocycles. The Morgan fingerprint density at radius 2 is 2.21 bits per heavy atom. The average Bonchev–Trinajstić information content (AvgIpc) is 2.30. The predicted octanol–water partition coefficient (Wildman–Crippen LogP) is 0.150. The molecule has 0 saturated carbocycles. The van der Waals surface area contributed by atoms with Crippen LogP contribution in [0.5, 0.6) is 0 Å². The molecule has 3 N–H and O–H groups in total. The Balaban J connectivity index is 2.31. The van der Waals surface area contributed by atoms with E-state index in [2.05, 4.69) is 16.0 Å². The van der Waals surface area contributed by atoms with E-state index in [9.17, 15) is 9.59 Å². The van der Waals surface area contributed by atoms with E-state index < -0.39 is 17.9 Å². The summed E-state index contributed by atoms with van der Waals surface area (Å²) in [5.41, 5.74) is -0.528. The summed E-state index contributed by atoms with van der Waals surface area (Å²) in [5, 5.41) is 7.54. The third-order valence-electron chi connectivity index (χ3n) is 1.46. The van der Waals surface area contributed by atoms with Crippen LogP contribution >= 0.6 is 0 Å². The largest absolute Gasteiger partial charge is 0.444 e. The van der Waals surface area contributed by atoms with Crippen molar-refractivity contribution in [3.63, 3.8) is 0 Å². The first-order valence-electron chi connectivity index (χ1n) is 4.41. The highest BCUT2D eigenvalue weighted by molar-refractivity contribution is 5.78. The van der Waals surface area contributed by atoms with Gasteiger partial charge in [0.25, 0.3) is 0 Å². The van der Waals surface area contributed by atoms with E-state index in [0.717, 1.165) is 0 Å². The summed E-state index contributed by atoms with van der Waals surface area (Å²) >= 11 is 0. The molecule has 0 aliphatic carbocycles. The van der Waals surface area contributed by atoms with Crippen LogP contribution in [0.1, 0.15) is 20.8 Å². The molecule has 0 spiro atoms. The first-order chi connectivity index (χ1) is 6.37. The van der Waals surface area contributed by atoms with Crippen molar-refractivity contribution in [3.8, 4) is 0 Å². The lowest BCUT2D eigenvalue weighted by atomic mass is 10.2. The van der Waals surface area contributed by atoms with E-state index in [1.165, 1.54) is 0 Å². The van der Waals surface area contributed by atoms with Crippen molar-refractivity contribution < 1.29 is 14.3 Å². The van der Waals surface area contributed by atoms with Crippen molar-refractivity contribution in [3.05, 3.63) is 0 Å². The van der Waals surface area contributed by atoms with Gasteiger partial charge in [-0.3, -0.25) is 5.32 Å². The van der Waals surface area contributed by atoms with Gasteiger partial charge in [-0.25, -0.2) is 9.59 Å². The predicted molar refractivity (Wildman–Crippen MR) is 49.7 cm³/mol. The maximum atomic E-state index is 11.2. The Labute approximate surface area is 82.4 Å². The van der Waals surface area contributed by atoms with Crippen LogP contribution in [0.4, 0.5) is 9.59 Å². The fourth-order valence-corrected chi connectivity index (χ4v) is 0.992. The Morgan fingerprint density at radius 3 is 2.64 bits per heavy atom. The minimum absolute atomic E-state index is 0.286. The number of carbonyl (C=O) groups excluding carboxylic acids is 2. The van der Waals surface area contributed by atoms with Gasteiger partial charge in [0.1, 0.15) is 11.8 Å². The second kappa shape index (κ2) is 3.73. The monoisotopic (exact) mass is 201 g/mol. The first-order valence-corrected chi connectivity index (χ1v) is 4.41. The number of alkyl carbamates (subject to hydrolysis) is 1. The number of hydrogen-bond acceptors (Lipinski definition) is 3. The molecule has 1 fully saturated rings. The summed E-state index contributed by atoms with van der Waals surface area (Å²) in [6.07, 6.45) is -0.927. The summed E-state index contributed by atoms with van der Waals surface area (Å²) in [6.45, 7) is 5.70. The molecule has 6 heteroatoms. The minimum Gasteiger partial charge on any atom is -0.444 e. The summed E-state index contributed by atoms with van der Waals surface area (Å²) in [5.74, 6) is 0. The van der Waals surface area contributed by atoms with Gasteiger partial charge in [-0.1, -0.05) is 0 Å². The third kappa shape index (κ3) is 3.51. The highest BCUT2D eigenvalue weighted by Crippen LogP contribution is 2.06. The van der Waals surface area contributed by atoms with Crippen molar-refractivity contribution >= 4 is 12.1 Å². The maximum absolute atomic E-state index is 11.2. The van der Waals surface area contributed by atoms with E-state index in [1.54, 1.807) is 20.8 Å². The van der Waals surface area contributed by atoms with Gasteiger partial charge < -0.3 is 15.4 Å². The Bertz CT molecular complexity index is 247. The van der Waals surface area contributed by atoms with Crippen LogP contribution in [0.15, 0.2) is 0 Å². The molecule has 1 aliphatic rings. The average molecular weight is 201 g/mol. The molecular weight excluding hydrogens is 186 g/mol. The van der Waals surface area contributed by atoms with Crippen molar-refractivity contribution in [2.75, 3.05) is 6.54 Å². The van der Waals surface area contributed by atoms with Gasteiger partial charge in [-0.05, 0) is 20.8 Å². The topological polar surface area (TPSA) is 79.5 Å². The third-order valence-corrected chi connectivity index (χ3v) is 1.46. The lowest BCUT2D eigenvalue weighted by molar-refractivity contribution is 0.0504. The minimum atomic E-state index is -0.536. The summed E-state index contributed by atoms with van der Waals surface area (Å²) in [6, 6.07) is -0.286. The van der Waals surface area contributed by atoms with Crippen molar-refractivity contribution in [1.29, 1.82) is 0 Å². The number of urea groups is 1. The lowest BCUT2D eigenvalue weighted by Crippen LogP contribution is -2.46. The molecule has 3 amide bonds. The molecule has 1 atom stereocenters. The number of nitrogens with one attached hydrogen (secondary N) is 3. The number of amides is 3. The molecule has 1 aliphatic heterocycles. The van der Waals surface area contributed by atoms with Gasteiger partial charge >= 0.3 is 12.1 Å². The lowest BCUT2D eigenvalue weighted by Gasteiger charge is -2.21. The number of carbonyl (C=O) groups is 2. The smallest absolute Gasteiger partial charge is 0.409 e. The molecule has 1 rings (SSSR count). The zero-order valence-electron chi connectivity index (χ0n) is 8.51. The fourth-order valence-electron chi connectivity index (χ4n) is 0.992. The van der Waals surface area contributed by atoms with E-state index in [0.29, 0.717) is 6.54 Å². The molecule has 14 heavy (non-hydrogen) atoms. The molecule has 1 unspecified atom stereocenters. The summed E-state index contributed by atoms with van der Waals surface area (Å²) in [4.78, 5) is 21.9. The van der Waals surface area contributed by atoms with Gasteiger partial charge in [0, 0.05) is 0 Å². The number of hydrogen-bond donors (Lipinski definition) is 3. The summed E-state index contributed by atoms with van der Waals surface area (Å²) in [7, 11) is 0. The molecular formula is C8H15N3O3. The molecule has 0 radical (unpaired) electrons. The molecule has 0 aromatic carbocycles.